The largest absolute Gasteiger partial charge is 0.481 e. The molecule has 0 aliphatic heterocycles. The molecule has 0 atom stereocenters. The molecule has 0 aliphatic carbocycles. The molecule has 2 rings (SSSR count). The van der Waals surface area contributed by atoms with Crippen molar-refractivity contribution in [2.24, 2.45) is 0 Å². The van der Waals surface area contributed by atoms with Crippen LogP contribution < -0.4 is 10.5 Å². The van der Waals surface area contributed by atoms with Crippen molar-refractivity contribution in [3.05, 3.63) is 30.1 Å². The van der Waals surface area contributed by atoms with Crippen LogP contribution in [0, 0.1) is 0 Å². The molecule has 0 spiro atoms. The Morgan fingerprint density at radius 2 is 2.17 bits per heavy atom. The van der Waals surface area contributed by atoms with Crippen molar-refractivity contribution in [1.82, 2.24) is 15.0 Å². The molecule has 92 valence electrons. The first-order chi connectivity index (χ1) is 8.61. The predicted octanol–water partition coefficient (Wildman–Crippen LogP) is 1.33. The highest BCUT2D eigenvalue weighted by atomic mass is 16.5. The molecule has 0 fully saturated rings. The van der Waals surface area contributed by atoms with E-state index in [1.807, 2.05) is 0 Å². The molecule has 2 heterocycles. The van der Waals surface area contributed by atoms with E-state index < -0.39 is 0 Å². The molecule has 2 aromatic heterocycles. The molecule has 0 bridgehead atoms. The van der Waals surface area contributed by atoms with Gasteiger partial charge in [0.15, 0.2) is 5.78 Å². The molecule has 6 heteroatoms. The number of methoxy groups -OCH3 is 1. The number of hydrogen-bond donors (Lipinski definition) is 1. The van der Waals surface area contributed by atoms with Crippen molar-refractivity contribution in [1.29, 1.82) is 0 Å². The molecule has 6 nitrogen and oxygen atoms in total. The molecule has 0 saturated heterocycles. The van der Waals surface area contributed by atoms with Gasteiger partial charge in [0, 0.05) is 18.0 Å². The third-order valence-electron chi connectivity index (χ3n) is 2.40. The van der Waals surface area contributed by atoms with Gasteiger partial charge < -0.3 is 10.5 Å². The molecule has 0 radical (unpaired) electrons. The van der Waals surface area contributed by atoms with Crippen LogP contribution in [-0.2, 0) is 0 Å². The predicted molar refractivity (Wildman–Crippen MR) is 66.2 cm³/mol. The number of pyridine rings is 1. The van der Waals surface area contributed by atoms with Gasteiger partial charge in [-0.2, -0.15) is 0 Å². The van der Waals surface area contributed by atoms with Crippen LogP contribution in [0.5, 0.6) is 5.88 Å². The number of ether oxygens (including phenoxy) is 1. The van der Waals surface area contributed by atoms with Crippen LogP contribution in [0.15, 0.2) is 24.5 Å². The number of anilines is 1. The molecule has 2 N–H and O–H groups in total. The lowest BCUT2D eigenvalue weighted by Crippen LogP contribution is -2.00. The maximum atomic E-state index is 11.4. The van der Waals surface area contributed by atoms with Gasteiger partial charge in [0.25, 0.3) is 0 Å². The number of carbonyl (C=O) groups is 1. The molecule has 18 heavy (non-hydrogen) atoms. The van der Waals surface area contributed by atoms with Crippen LogP contribution in [-0.4, -0.2) is 27.8 Å². The van der Waals surface area contributed by atoms with E-state index in [1.54, 1.807) is 12.1 Å². The number of nitrogens with two attached hydrogens (primary N) is 1. The third kappa shape index (κ3) is 2.27. The third-order valence-corrected chi connectivity index (χ3v) is 2.40. The highest BCUT2D eigenvalue weighted by Crippen LogP contribution is 2.27. The number of nitrogens with zero attached hydrogens (tertiary/aromatic N) is 3. The Morgan fingerprint density at radius 3 is 2.78 bits per heavy atom. The number of rotatable bonds is 3. The van der Waals surface area contributed by atoms with Gasteiger partial charge in [-0.15, -0.1) is 0 Å². The first-order valence-electron chi connectivity index (χ1n) is 5.25. The fourth-order valence-corrected chi connectivity index (χ4v) is 1.51. The summed E-state index contributed by atoms with van der Waals surface area (Å²) in [5, 5.41) is 0. The van der Waals surface area contributed by atoms with Gasteiger partial charge in [0.05, 0.1) is 18.4 Å². The molecule has 0 saturated carbocycles. The fourth-order valence-electron chi connectivity index (χ4n) is 1.51. The lowest BCUT2D eigenvalue weighted by molar-refractivity contribution is 0.101. The molecule has 0 aromatic carbocycles. The fraction of sp³-hybridized carbons (Fsp3) is 0.167. The number of ketones is 1. The zero-order chi connectivity index (χ0) is 13.1. The minimum Gasteiger partial charge on any atom is -0.481 e. The molecular formula is C12H12N4O2. The Bertz CT molecular complexity index is 598. The van der Waals surface area contributed by atoms with Crippen molar-refractivity contribution in [3.8, 4) is 17.1 Å². The van der Waals surface area contributed by atoms with Crippen LogP contribution in [0.2, 0.25) is 0 Å². The second kappa shape index (κ2) is 4.79. The normalized spacial score (nSPS) is 10.1. The highest BCUT2D eigenvalue weighted by Gasteiger charge is 2.12. The lowest BCUT2D eigenvalue weighted by atomic mass is 10.1. The Balaban J connectivity index is 2.60. The van der Waals surface area contributed by atoms with Crippen molar-refractivity contribution in [2.75, 3.05) is 12.8 Å². The zero-order valence-electron chi connectivity index (χ0n) is 10.0. The summed E-state index contributed by atoms with van der Waals surface area (Å²) in [5.41, 5.74) is 7.20. The summed E-state index contributed by atoms with van der Waals surface area (Å²) >= 11 is 0. The smallest absolute Gasteiger partial charge is 0.222 e. The summed E-state index contributed by atoms with van der Waals surface area (Å²) < 4.78 is 5.15. The molecule has 2 aromatic rings. The summed E-state index contributed by atoms with van der Waals surface area (Å²) in [6, 6.07) is 3.36. The maximum Gasteiger partial charge on any atom is 0.222 e. The van der Waals surface area contributed by atoms with Crippen molar-refractivity contribution < 1.29 is 9.53 Å². The minimum atomic E-state index is -0.0755. The van der Waals surface area contributed by atoms with Gasteiger partial charge in [-0.1, -0.05) is 0 Å². The van der Waals surface area contributed by atoms with Gasteiger partial charge >= 0.3 is 0 Å². The van der Waals surface area contributed by atoms with Crippen LogP contribution in [0.4, 0.5) is 5.95 Å². The number of aromatic nitrogens is 3. The highest BCUT2D eigenvalue weighted by molar-refractivity contribution is 5.95. The second-order valence-corrected chi connectivity index (χ2v) is 3.64. The molecule has 0 unspecified atom stereocenters. The van der Waals surface area contributed by atoms with Crippen LogP contribution in [0.25, 0.3) is 11.3 Å². The first kappa shape index (κ1) is 12.0. The van der Waals surface area contributed by atoms with E-state index in [9.17, 15) is 4.79 Å². The van der Waals surface area contributed by atoms with Gasteiger partial charge in [-0.25, -0.2) is 15.0 Å². The lowest BCUT2D eigenvalue weighted by Gasteiger charge is -2.08. The Kier molecular flexibility index (Phi) is 3.18. The Labute approximate surface area is 104 Å². The van der Waals surface area contributed by atoms with E-state index in [2.05, 4.69) is 15.0 Å². The standard InChI is InChI=1S/C12H12N4O2/c1-7(17)8-5-9(11(18-2)15-6-8)10-3-4-14-12(13)16-10/h3-6H,1-2H3,(H2,13,14,16). The van der Waals surface area contributed by atoms with Gasteiger partial charge in [0.1, 0.15) is 0 Å². The van der Waals surface area contributed by atoms with Crippen LogP contribution in [0.1, 0.15) is 17.3 Å². The van der Waals surface area contributed by atoms with Gasteiger partial charge in [0.2, 0.25) is 11.8 Å². The average molecular weight is 244 g/mol. The van der Waals surface area contributed by atoms with E-state index >= 15 is 0 Å². The molecular weight excluding hydrogens is 232 g/mol. The monoisotopic (exact) mass is 244 g/mol. The number of carbonyl (C=O) groups excluding carboxylic acids is 1. The summed E-state index contributed by atoms with van der Waals surface area (Å²) in [4.78, 5) is 23.3. The van der Waals surface area contributed by atoms with Crippen LogP contribution >= 0.6 is 0 Å². The van der Waals surface area contributed by atoms with Crippen molar-refractivity contribution >= 4 is 11.7 Å². The van der Waals surface area contributed by atoms with E-state index in [0.717, 1.165) is 0 Å². The first-order valence-corrected chi connectivity index (χ1v) is 5.25. The topological polar surface area (TPSA) is 91.0 Å². The van der Waals surface area contributed by atoms with E-state index in [-0.39, 0.29) is 11.7 Å². The summed E-state index contributed by atoms with van der Waals surface area (Å²) in [6.45, 7) is 1.47. The summed E-state index contributed by atoms with van der Waals surface area (Å²) in [7, 11) is 1.50. The van der Waals surface area contributed by atoms with E-state index in [1.165, 1.54) is 26.4 Å². The average Bonchev–Trinajstić information content (AvgIpc) is 2.38. The van der Waals surface area contributed by atoms with E-state index in [0.29, 0.717) is 22.7 Å². The van der Waals surface area contributed by atoms with Crippen LogP contribution in [0.3, 0.4) is 0 Å². The number of hydrogen-bond acceptors (Lipinski definition) is 6. The van der Waals surface area contributed by atoms with Gasteiger partial charge in [-0.05, 0) is 19.1 Å². The zero-order valence-corrected chi connectivity index (χ0v) is 10.0. The van der Waals surface area contributed by atoms with E-state index in [4.69, 9.17) is 10.5 Å². The second-order valence-electron chi connectivity index (χ2n) is 3.64. The summed E-state index contributed by atoms with van der Waals surface area (Å²) in [5.74, 6) is 0.467. The van der Waals surface area contributed by atoms with Gasteiger partial charge in [-0.3, -0.25) is 4.79 Å². The number of nitrogen functional groups attached to an aromatic ring is 1. The number of Topliss-reactive ketones (excluding diaryl/α,β-unsaturated/α-hetero) is 1. The minimum absolute atomic E-state index is 0.0755. The Hall–Kier alpha value is -2.50. The SMILES string of the molecule is COc1ncc(C(C)=O)cc1-c1ccnc(N)n1. The van der Waals surface area contributed by atoms with Crippen molar-refractivity contribution in [3.63, 3.8) is 0 Å². The van der Waals surface area contributed by atoms with Crippen molar-refractivity contribution in [2.45, 2.75) is 6.92 Å². The summed E-state index contributed by atoms with van der Waals surface area (Å²) in [6.07, 6.45) is 3.01. The quantitative estimate of drug-likeness (QED) is 0.819. The maximum absolute atomic E-state index is 11.4. The molecule has 0 amide bonds. The Morgan fingerprint density at radius 1 is 1.39 bits per heavy atom. The molecule has 0 aliphatic rings.